The van der Waals surface area contributed by atoms with Gasteiger partial charge in [-0.1, -0.05) is 66.7 Å². The molecule has 0 aliphatic carbocycles. The van der Waals surface area contributed by atoms with Gasteiger partial charge in [-0.3, -0.25) is 9.56 Å². The van der Waals surface area contributed by atoms with Crippen molar-refractivity contribution in [1.29, 1.82) is 0 Å². The molecule has 0 saturated heterocycles. The molecular weight excluding hydrogens is 434 g/mol. The van der Waals surface area contributed by atoms with Crippen LogP contribution in [0.15, 0.2) is 114 Å². The average Bonchev–Trinajstić information content (AvgIpc) is 3.47. The van der Waals surface area contributed by atoms with Crippen LogP contribution in [0.2, 0.25) is 0 Å². The number of benzene rings is 4. The first-order chi connectivity index (χ1) is 17.3. The summed E-state index contributed by atoms with van der Waals surface area (Å²) in [6.45, 7) is 0. The van der Waals surface area contributed by atoms with Gasteiger partial charge in [0.15, 0.2) is 0 Å². The Morgan fingerprint density at radius 1 is 0.714 bits per heavy atom. The molecule has 4 aromatic carbocycles. The zero-order valence-electron chi connectivity index (χ0n) is 18.7. The Kier molecular flexibility index (Phi) is 5.20. The summed E-state index contributed by atoms with van der Waals surface area (Å²) in [7, 11) is 0. The Morgan fingerprint density at radius 2 is 1.37 bits per heavy atom. The van der Waals surface area contributed by atoms with Crippen LogP contribution in [0.3, 0.4) is 0 Å². The van der Waals surface area contributed by atoms with Gasteiger partial charge in [-0.15, -0.1) is 0 Å². The zero-order chi connectivity index (χ0) is 23.6. The van der Waals surface area contributed by atoms with Gasteiger partial charge in [-0.2, -0.15) is 0 Å². The van der Waals surface area contributed by atoms with Crippen LogP contribution in [-0.4, -0.2) is 20.9 Å². The van der Waals surface area contributed by atoms with Crippen LogP contribution in [0.1, 0.15) is 11.3 Å². The van der Waals surface area contributed by atoms with Gasteiger partial charge >= 0.3 is 0 Å². The van der Waals surface area contributed by atoms with Crippen molar-refractivity contribution in [3.63, 3.8) is 0 Å². The number of rotatable bonds is 5. The molecule has 1 aliphatic rings. The van der Waals surface area contributed by atoms with E-state index < -0.39 is 0 Å². The van der Waals surface area contributed by atoms with Crippen molar-refractivity contribution in [1.82, 2.24) is 9.55 Å². The largest absolute Gasteiger partial charge is 0.493 e. The molecule has 5 aromatic rings. The molecule has 0 saturated carbocycles. The summed E-state index contributed by atoms with van der Waals surface area (Å²) in [5.41, 5.74) is 5.00. The second-order valence-corrected chi connectivity index (χ2v) is 8.13. The predicted molar refractivity (Wildman–Crippen MR) is 140 cm³/mol. The van der Waals surface area contributed by atoms with E-state index in [4.69, 9.17) is 9.72 Å². The standard InChI is InChI=1S/C30H21N3O2/c34-30-28(19-22-20-31-27-14-8-7-13-26(22)27)32-29(21-9-3-1-4-10-21)33(30)23-15-17-25(18-16-23)35-24-11-5-2-6-12-24/h1-20,34H/b22-19+. The van der Waals surface area contributed by atoms with Gasteiger partial charge in [0, 0.05) is 22.9 Å². The third-order valence-electron chi connectivity index (χ3n) is 5.83. The van der Waals surface area contributed by atoms with Gasteiger partial charge in [0.2, 0.25) is 5.88 Å². The smallest absolute Gasteiger partial charge is 0.224 e. The third kappa shape index (κ3) is 4.00. The Bertz CT molecular complexity index is 1550. The van der Waals surface area contributed by atoms with E-state index in [1.54, 1.807) is 10.8 Å². The molecule has 5 heteroatoms. The van der Waals surface area contributed by atoms with Crippen LogP contribution >= 0.6 is 0 Å². The highest BCUT2D eigenvalue weighted by Gasteiger charge is 2.20. The first kappa shape index (κ1) is 20.7. The quantitative estimate of drug-likeness (QED) is 0.303. The van der Waals surface area contributed by atoms with Crippen LogP contribution in [0.5, 0.6) is 17.4 Å². The highest BCUT2D eigenvalue weighted by atomic mass is 16.5. The number of aromatic nitrogens is 2. The molecule has 6 rings (SSSR count). The number of hydrogen-bond donors (Lipinski definition) is 1. The maximum atomic E-state index is 11.3. The van der Waals surface area contributed by atoms with E-state index in [0.717, 1.165) is 33.8 Å². The lowest BCUT2D eigenvalue weighted by molar-refractivity contribution is 0.442. The molecule has 0 radical (unpaired) electrons. The van der Waals surface area contributed by atoms with Gasteiger partial charge in [-0.05, 0) is 48.5 Å². The van der Waals surface area contributed by atoms with E-state index in [1.807, 2.05) is 115 Å². The molecule has 35 heavy (non-hydrogen) atoms. The highest BCUT2D eigenvalue weighted by molar-refractivity contribution is 6.21. The summed E-state index contributed by atoms with van der Waals surface area (Å²) in [6.07, 6.45) is 3.68. The van der Waals surface area contributed by atoms with E-state index in [1.165, 1.54) is 0 Å². The first-order valence-electron chi connectivity index (χ1n) is 11.3. The summed E-state index contributed by atoms with van der Waals surface area (Å²) < 4.78 is 7.69. The lowest BCUT2D eigenvalue weighted by Gasteiger charge is -2.11. The summed E-state index contributed by atoms with van der Waals surface area (Å²) >= 11 is 0. The first-order valence-corrected chi connectivity index (χ1v) is 11.3. The van der Waals surface area contributed by atoms with Crippen molar-refractivity contribution >= 4 is 23.6 Å². The fraction of sp³-hybridized carbons (Fsp3) is 0. The fourth-order valence-electron chi connectivity index (χ4n) is 4.14. The number of ether oxygens (including phenoxy) is 1. The highest BCUT2D eigenvalue weighted by Crippen LogP contribution is 2.36. The van der Waals surface area contributed by atoms with Crippen LogP contribution in [-0.2, 0) is 0 Å². The molecule has 0 atom stereocenters. The van der Waals surface area contributed by atoms with Gasteiger partial charge in [0.25, 0.3) is 0 Å². The molecule has 0 spiro atoms. The van der Waals surface area contributed by atoms with Crippen LogP contribution in [0.25, 0.3) is 28.7 Å². The van der Waals surface area contributed by atoms with Crippen molar-refractivity contribution < 1.29 is 9.84 Å². The minimum Gasteiger partial charge on any atom is -0.493 e. The summed E-state index contributed by atoms with van der Waals surface area (Å²) in [4.78, 5) is 9.30. The van der Waals surface area contributed by atoms with E-state index in [9.17, 15) is 5.11 Å². The number of imidazole rings is 1. The molecular formula is C30H21N3O2. The lowest BCUT2D eigenvalue weighted by Crippen LogP contribution is -1.97. The van der Waals surface area contributed by atoms with Crippen LogP contribution < -0.4 is 4.74 Å². The monoisotopic (exact) mass is 455 g/mol. The molecule has 168 valence electrons. The summed E-state index contributed by atoms with van der Waals surface area (Å²) in [6, 6.07) is 35.0. The van der Waals surface area contributed by atoms with E-state index in [2.05, 4.69) is 4.99 Å². The molecule has 1 aromatic heterocycles. The molecule has 0 amide bonds. The number of hydrogen-bond acceptors (Lipinski definition) is 4. The average molecular weight is 456 g/mol. The second-order valence-electron chi connectivity index (χ2n) is 8.13. The normalized spacial score (nSPS) is 13.2. The van der Waals surface area contributed by atoms with Gasteiger partial charge in [0.1, 0.15) is 23.0 Å². The second kappa shape index (κ2) is 8.80. The minimum atomic E-state index is 0.0610. The molecule has 1 N–H and O–H groups in total. The van der Waals surface area contributed by atoms with Gasteiger partial charge in [0.05, 0.1) is 11.4 Å². The Hall–Kier alpha value is -4.90. The lowest BCUT2D eigenvalue weighted by atomic mass is 10.1. The minimum absolute atomic E-state index is 0.0610. The van der Waals surface area contributed by atoms with Crippen LogP contribution in [0, 0.1) is 0 Å². The number of aromatic hydroxyl groups is 1. The van der Waals surface area contributed by atoms with Crippen molar-refractivity contribution in [2.75, 3.05) is 0 Å². The van der Waals surface area contributed by atoms with Crippen molar-refractivity contribution in [2.24, 2.45) is 4.99 Å². The number of aliphatic imine (C=N–C) groups is 1. The number of para-hydroxylation sites is 2. The molecule has 2 heterocycles. The van der Waals surface area contributed by atoms with Crippen molar-refractivity contribution in [3.8, 4) is 34.5 Å². The van der Waals surface area contributed by atoms with E-state index >= 15 is 0 Å². The number of nitrogens with zero attached hydrogens (tertiary/aromatic N) is 3. The Morgan fingerprint density at radius 3 is 2.14 bits per heavy atom. The third-order valence-corrected chi connectivity index (χ3v) is 5.83. The zero-order valence-corrected chi connectivity index (χ0v) is 18.7. The van der Waals surface area contributed by atoms with Crippen LogP contribution in [0.4, 0.5) is 5.69 Å². The predicted octanol–water partition coefficient (Wildman–Crippen LogP) is 7.29. The molecule has 5 nitrogen and oxygen atoms in total. The Labute approximate surface area is 203 Å². The SMILES string of the molecule is Oc1c(/C=C2\C=Nc3ccccc32)nc(-c2ccccc2)n1-c1ccc(Oc2ccccc2)cc1. The Balaban J connectivity index is 1.42. The summed E-state index contributed by atoms with van der Waals surface area (Å²) in [5.74, 6) is 2.19. The fourth-order valence-corrected chi connectivity index (χ4v) is 4.14. The summed E-state index contributed by atoms with van der Waals surface area (Å²) in [5, 5.41) is 11.3. The topological polar surface area (TPSA) is 59.6 Å². The van der Waals surface area contributed by atoms with E-state index in [0.29, 0.717) is 17.3 Å². The van der Waals surface area contributed by atoms with E-state index in [-0.39, 0.29) is 5.88 Å². The van der Waals surface area contributed by atoms with Gasteiger partial charge in [-0.25, -0.2) is 4.98 Å². The number of fused-ring (bicyclic) bond motifs is 1. The van der Waals surface area contributed by atoms with Crippen molar-refractivity contribution in [3.05, 3.63) is 120 Å². The maximum Gasteiger partial charge on any atom is 0.224 e. The molecule has 0 fully saturated rings. The number of allylic oxidation sites excluding steroid dienone is 1. The van der Waals surface area contributed by atoms with Gasteiger partial charge < -0.3 is 9.84 Å². The van der Waals surface area contributed by atoms with Crippen molar-refractivity contribution in [2.45, 2.75) is 0 Å². The maximum absolute atomic E-state index is 11.3. The molecule has 0 bridgehead atoms. The molecule has 0 unspecified atom stereocenters. The molecule has 1 aliphatic heterocycles.